The summed E-state index contributed by atoms with van der Waals surface area (Å²) in [4.78, 5) is 22.9. The van der Waals surface area contributed by atoms with E-state index in [1.54, 1.807) is 6.92 Å². The molecule has 0 aliphatic heterocycles. The maximum Gasteiger partial charge on any atom is 0.309 e. The molecular formula is C15H19NO4S. The molecule has 1 unspecified atom stereocenters. The average Bonchev–Trinajstić information content (AvgIpc) is 3.31. The fourth-order valence-electron chi connectivity index (χ4n) is 2.10. The minimum Gasteiger partial charge on any atom is -0.481 e. The van der Waals surface area contributed by atoms with Crippen LogP contribution in [0.4, 0.5) is 0 Å². The highest BCUT2D eigenvalue weighted by atomic mass is 32.1. The highest BCUT2D eigenvalue weighted by Crippen LogP contribution is 2.44. The van der Waals surface area contributed by atoms with Gasteiger partial charge in [-0.3, -0.25) is 14.3 Å². The van der Waals surface area contributed by atoms with Gasteiger partial charge in [0.1, 0.15) is 5.75 Å². The molecule has 0 aromatic heterocycles. The van der Waals surface area contributed by atoms with Crippen LogP contribution in [0.2, 0.25) is 0 Å². The van der Waals surface area contributed by atoms with E-state index in [0.717, 1.165) is 24.0 Å². The smallest absolute Gasteiger partial charge is 0.309 e. The maximum atomic E-state index is 11.5. The topological polar surface area (TPSA) is 64.6 Å². The highest BCUT2D eigenvalue weighted by molar-refractivity contribution is 7.78. The number of carbonyl (C=O) groups excluding carboxylic acids is 2. The molecular weight excluding hydrogens is 290 g/mol. The van der Waals surface area contributed by atoms with Crippen molar-refractivity contribution in [3.63, 3.8) is 0 Å². The van der Waals surface area contributed by atoms with Crippen LogP contribution >= 0.6 is 12.8 Å². The summed E-state index contributed by atoms with van der Waals surface area (Å²) in [5, 5.41) is 0. The zero-order chi connectivity index (χ0) is 15.4. The second-order valence-corrected chi connectivity index (χ2v) is 5.36. The fraction of sp³-hybridized carbons (Fsp3) is 0.467. The lowest BCUT2D eigenvalue weighted by Gasteiger charge is -2.17. The van der Waals surface area contributed by atoms with Gasteiger partial charge in [0, 0.05) is 0 Å². The van der Waals surface area contributed by atoms with Crippen molar-refractivity contribution in [1.82, 2.24) is 4.72 Å². The van der Waals surface area contributed by atoms with Gasteiger partial charge in [0.25, 0.3) is 5.91 Å². The van der Waals surface area contributed by atoms with Gasteiger partial charge >= 0.3 is 5.97 Å². The Kier molecular flexibility index (Phi) is 5.12. The van der Waals surface area contributed by atoms with E-state index in [9.17, 15) is 9.59 Å². The van der Waals surface area contributed by atoms with E-state index in [0.29, 0.717) is 11.7 Å². The summed E-state index contributed by atoms with van der Waals surface area (Å²) in [5.74, 6) is 0.529. The minimum absolute atomic E-state index is 0.185. The van der Waals surface area contributed by atoms with Crippen molar-refractivity contribution >= 4 is 24.7 Å². The van der Waals surface area contributed by atoms with Crippen LogP contribution in [-0.2, 0) is 20.7 Å². The lowest BCUT2D eigenvalue weighted by molar-refractivity contribution is -0.139. The second kappa shape index (κ2) is 6.85. The molecule has 0 spiro atoms. The molecule has 0 saturated heterocycles. The van der Waals surface area contributed by atoms with Crippen LogP contribution in [0.25, 0.3) is 0 Å². The molecule has 1 atom stereocenters. The molecule has 1 aliphatic rings. The molecule has 21 heavy (non-hydrogen) atoms. The van der Waals surface area contributed by atoms with Crippen LogP contribution in [0, 0.1) is 0 Å². The molecule has 1 aliphatic carbocycles. The first-order valence-electron chi connectivity index (χ1n) is 6.85. The van der Waals surface area contributed by atoms with Crippen molar-refractivity contribution in [2.24, 2.45) is 0 Å². The van der Waals surface area contributed by atoms with Gasteiger partial charge < -0.3 is 9.47 Å². The number of ether oxygens (including phenoxy) is 2. The minimum atomic E-state index is -0.645. The molecule has 6 heteroatoms. The van der Waals surface area contributed by atoms with Gasteiger partial charge in [0.15, 0.2) is 6.10 Å². The van der Waals surface area contributed by atoms with Gasteiger partial charge in [-0.25, -0.2) is 0 Å². The van der Waals surface area contributed by atoms with Crippen molar-refractivity contribution in [1.29, 1.82) is 0 Å². The standard InChI is InChI=1S/C15H19NO4S/c1-9(15(18)16-21)20-13-7-10(8-14(17)19-2)3-6-12(13)11-4-5-11/h3,6-7,9,11,21H,4-5,8H2,1-2H3,(H,16,18). The Morgan fingerprint density at radius 1 is 1.43 bits per heavy atom. The monoisotopic (exact) mass is 309 g/mol. The van der Waals surface area contributed by atoms with Gasteiger partial charge in [-0.2, -0.15) is 0 Å². The van der Waals surface area contributed by atoms with Crippen LogP contribution in [0.3, 0.4) is 0 Å². The van der Waals surface area contributed by atoms with Gasteiger partial charge in [-0.05, 0) is 42.9 Å². The second-order valence-electron chi connectivity index (χ2n) is 5.14. The summed E-state index contributed by atoms with van der Waals surface area (Å²) in [6.45, 7) is 1.66. The Bertz CT molecular complexity index is 542. The number of amides is 1. The number of hydrogen-bond donors (Lipinski definition) is 2. The number of benzene rings is 1. The molecule has 1 fully saturated rings. The van der Waals surface area contributed by atoms with Crippen molar-refractivity contribution in [3.05, 3.63) is 29.3 Å². The molecule has 1 aromatic carbocycles. The molecule has 1 saturated carbocycles. The number of hydrogen-bond acceptors (Lipinski definition) is 5. The van der Waals surface area contributed by atoms with E-state index in [1.165, 1.54) is 7.11 Å². The highest BCUT2D eigenvalue weighted by Gasteiger charge is 2.28. The Hall–Kier alpha value is -1.69. The largest absolute Gasteiger partial charge is 0.481 e. The van der Waals surface area contributed by atoms with Gasteiger partial charge in [-0.15, -0.1) is 0 Å². The van der Waals surface area contributed by atoms with Crippen molar-refractivity contribution in [2.75, 3.05) is 7.11 Å². The van der Waals surface area contributed by atoms with E-state index < -0.39 is 6.10 Å². The number of thiol groups is 1. The molecule has 1 amide bonds. The van der Waals surface area contributed by atoms with Crippen molar-refractivity contribution in [3.8, 4) is 5.75 Å². The number of esters is 1. The van der Waals surface area contributed by atoms with E-state index in [-0.39, 0.29) is 18.3 Å². The summed E-state index contributed by atoms with van der Waals surface area (Å²) in [6.07, 6.45) is 1.79. The predicted molar refractivity (Wildman–Crippen MR) is 81.4 cm³/mol. The summed E-state index contributed by atoms with van der Waals surface area (Å²) in [5.41, 5.74) is 1.89. The molecule has 2 rings (SSSR count). The van der Waals surface area contributed by atoms with E-state index in [1.807, 2.05) is 18.2 Å². The normalized spacial score (nSPS) is 15.2. The van der Waals surface area contributed by atoms with Gasteiger partial charge in [0.2, 0.25) is 0 Å². The lowest BCUT2D eigenvalue weighted by atomic mass is 10.0. The van der Waals surface area contributed by atoms with Crippen molar-refractivity contribution in [2.45, 2.75) is 38.2 Å². The van der Waals surface area contributed by atoms with Crippen LogP contribution in [0.15, 0.2) is 18.2 Å². The molecule has 0 radical (unpaired) electrons. The molecule has 0 heterocycles. The third-order valence-electron chi connectivity index (χ3n) is 3.45. The number of carbonyl (C=O) groups is 2. The number of nitrogens with one attached hydrogen (secondary N) is 1. The molecule has 114 valence electrons. The van der Waals surface area contributed by atoms with E-state index >= 15 is 0 Å². The zero-order valence-electron chi connectivity index (χ0n) is 12.1. The molecule has 1 N–H and O–H groups in total. The van der Waals surface area contributed by atoms with Crippen LogP contribution < -0.4 is 9.46 Å². The van der Waals surface area contributed by atoms with Gasteiger partial charge in [-0.1, -0.05) is 24.9 Å². The SMILES string of the molecule is COC(=O)Cc1ccc(C2CC2)c(OC(C)C(=O)NS)c1. The quantitative estimate of drug-likeness (QED) is 0.623. The first kappa shape index (κ1) is 15.7. The number of rotatable bonds is 6. The first-order chi connectivity index (χ1) is 10.0. The van der Waals surface area contributed by atoms with Crippen LogP contribution in [-0.4, -0.2) is 25.1 Å². The first-order valence-corrected chi connectivity index (χ1v) is 7.30. The summed E-state index contributed by atoms with van der Waals surface area (Å²) >= 11 is 3.74. The Morgan fingerprint density at radius 2 is 2.14 bits per heavy atom. The Labute approximate surface area is 129 Å². The lowest BCUT2D eigenvalue weighted by Crippen LogP contribution is -2.31. The molecule has 1 aromatic rings. The number of methoxy groups -OCH3 is 1. The third-order valence-corrected chi connectivity index (χ3v) is 3.67. The molecule has 0 bridgehead atoms. The van der Waals surface area contributed by atoms with Crippen LogP contribution in [0.1, 0.15) is 36.8 Å². The Morgan fingerprint density at radius 3 is 2.71 bits per heavy atom. The van der Waals surface area contributed by atoms with Gasteiger partial charge in [0.05, 0.1) is 13.5 Å². The summed E-state index contributed by atoms with van der Waals surface area (Å²) in [6, 6.07) is 5.68. The third kappa shape index (κ3) is 4.14. The van der Waals surface area contributed by atoms with E-state index in [4.69, 9.17) is 4.74 Å². The van der Waals surface area contributed by atoms with E-state index in [2.05, 4.69) is 22.3 Å². The summed E-state index contributed by atoms with van der Waals surface area (Å²) in [7, 11) is 1.36. The zero-order valence-corrected chi connectivity index (χ0v) is 13.0. The fourth-order valence-corrected chi connectivity index (χ4v) is 2.28. The maximum absolute atomic E-state index is 11.5. The average molecular weight is 309 g/mol. The predicted octanol–water partition coefficient (Wildman–Crippen LogP) is 2.01. The van der Waals surface area contributed by atoms with Crippen molar-refractivity contribution < 1.29 is 19.1 Å². The Balaban J connectivity index is 2.20. The summed E-state index contributed by atoms with van der Waals surface area (Å²) < 4.78 is 12.7. The van der Waals surface area contributed by atoms with Crippen LogP contribution in [0.5, 0.6) is 5.75 Å². The molecule has 5 nitrogen and oxygen atoms in total.